The SMILES string of the molecule is CCN(C)CCCCNC(=O)C(=CN)c1nc(-c2ccccc2)cc(=O)[nH]1. The molecular weight excluding hydrogens is 342 g/mol. The number of amides is 1. The van der Waals surface area contributed by atoms with Crippen molar-refractivity contribution in [3.8, 4) is 11.3 Å². The van der Waals surface area contributed by atoms with E-state index in [0.717, 1.165) is 31.5 Å². The molecular formula is C20H27N5O2. The van der Waals surface area contributed by atoms with Gasteiger partial charge in [-0.1, -0.05) is 37.3 Å². The molecule has 0 aliphatic rings. The fourth-order valence-corrected chi connectivity index (χ4v) is 2.57. The largest absolute Gasteiger partial charge is 0.404 e. The molecule has 27 heavy (non-hydrogen) atoms. The van der Waals surface area contributed by atoms with Crippen LogP contribution in [0.5, 0.6) is 0 Å². The molecule has 0 atom stereocenters. The van der Waals surface area contributed by atoms with E-state index in [1.54, 1.807) is 0 Å². The zero-order valence-corrected chi connectivity index (χ0v) is 15.9. The van der Waals surface area contributed by atoms with Crippen LogP contribution in [0.3, 0.4) is 0 Å². The summed E-state index contributed by atoms with van der Waals surface area (Å²) in [6.45, 7) is 4.64. The van der Waals surface area contributed by atoms with Crippen molar-refractivity contribution in [3.05, 3.63) is 58.8 Å². The maximum Gasteiger partial charge on any atom is 0.256 e. The monoisotopic (exact) mass is 369 g/mol. The third kappa shape index (κ3) is 6.07. The number of nitrogens with zero attached hydrogens (tertiary/aromatic N) is 2. The Balaban J connectivity index is 2.05. The van der Waals surface area contributed by atoms with Gasteiger partial charge in [0.05, 0.1) is 11.3 Å². The zero-order valence-electron chi connectivity index (χ0n) is 15.9. The van der Waals surface area contributed by atoms with Gasteiger partial charge in [0.25, 0.3) is 11.5 Å². The molecule has 0 aliphatic carbocycles. The molecule has 0 radical (unpaired) electrons. The lowest BCUT2D eigenvalue weighted by Crippen LogP contribution is -2.28. The average molecular weight is 369 g/mol. The van der Waals surface area contributed by atoms with Crippen molar-refractivity contribution in [3.63, 3.8) is 0 Å². The molecule has 0 spiro atoms. The predicted octanol–water partition coefficient (Wildman–Crippen LogP) is 1.58. The lowest BCUT2D eigenvalue weighted by Gasteiger charge is -2.13. The molecule has 2 rings (SSSR count). The number of nitrogens with two attached hydrogens (primary N) is 1. The Morgan fingerprint density at radius 1 is 1.30 bits per heavy atom. The number of nitrogens with one attached hydrogen (secondary N) is 2. The summed E-state index contributed by atoms with van der Waals surface area (Å²) in [5, 5.41) is 2.83. The molecule has 0 unspecified atom stereocenters. The molecule has 1 aromatic carbocycles. The van der Waals surface area contributed by atoms with Crippen molar-refractivity contribution in [2.45, 2.75) is 19.8 Å². The second-order valence-corrected chi connectivity index (χ2v) is 6.28. The van der Waals surface area contributed by atoms with E-state index in [-0.39, 0.29) is 22.9 Å². The van der Waals surface area contributed by atoms with Crippen LogP contribution in [-0.4, -0.2) is 47.5 Å². The molecule has 1 heterocycles. The Bertz CT molecular complexity index is 830. The van der Waals surface area contributed by atoms with Crippen molar-refractivity contribution in [1.29, 1.82) is 0 Å². The van der Waals surface area contributed by atoms with Gasteiger partial charge >= 0.3 is 0 Å². The van der Waals surface area contributed by atoms with Crippen LogP contribution >= 0.6 is 0 Å². The predicted molar refractivity (Wildman–Crippen MR) is 108 cm³/mol. The first-order valence-electron chi connectivity index (χ1n) is 9.11. The zero-order chi connectivity index (χ0) is 19.6. The Morgan fingerprint density at radius 3 is 2.70 bits per heavy atom. The number of aromatic nitrogens is 2. The summed E-state index contributed by atoms with van der Waals surface area (Å²) >= 11 is 0. The maximum atomic E-state index is 12.5. The van der Waals surface area contributed by atoms with Gasteiger partial charge in [-0.2, -0.15) is 0 Å². The standard InChI is InChI=1S/C20H27N5O2/c1-3-25(2)12-8-7-11-22-20(27)16(14-21)19-23-17(13-18(26)24-19)15-9-5-4-6-10-15/h4-6,9-10,13-14H,3,7-8,11-12,21H2,1-2H3,(H,22,27)(H,23,24,26). The molecule has 7 heteroatoms. The lowest BCUT2D eigenvalue weighted by atomic mass is 10.1. The summed E-state index contributed by atoms with van der Waals surface area (Å²) in [5.74, 6) is -0.193. The summed E-state index contributed by atoms with van der Waals surface area (Å²) in [6, 6.07) is 10.7. The molecule has 7 nitrogen and oxygen atoms in total. The summed E-state index contributed by atoms with van der Waals surface area (Å²) in [4.78, 5) is 33.7. The van der Waals surface area contributed by atoms with Crippen LogP contribution in [0.15, 0.2) is 47.4 Å². The molecule has 0 saturated heterocycles. The number of unbranched alkanes of at least 4 members (excludes halogenated alkanes) is 1. The number of aromatic amines is 1. The number of hydrogen-bond acceptors (Lipinski definition) is 5. The van der Waals surface area contributed by atoms with Gasteiger partial charge in [0.15, 0.2) is 0 Å². The normalized spacial score (nSPS) is 11.6. The van der Waals surface area contributed by atoms with E-state index in [4.69, 9.17) is 5.73 Å². The minimum atomic E-state index is -0.352. The van der Waals surface area contributed by atoms with E-state index < -0.39 is 0 Å². The molecule has 1 amide bonds. The molecule has 0 bridgehead atoms. The molecule has 2 aromatic rings. The second kappa shape index (κ2) is 10.3. The summed E-state index contributed by atoms with van der Waals surface area (Å²) < 4.78 is 0. The van der Waals surface area contributed by atoms with Crippen LogP contribution in [0.1, 0.15) is 25.6 Å². The smallest absolute Gasteiger partial charge is 0.256 e. The highest BCUT2D eigenvalue weighted by Gasteiger charge is 2.15. The van der Waals surface area contributed by atoms with Crippen molar-refractivity contribution in [1.82, 2.24) is 20.2 Å². The Kier molecular flexibility index (Phi) is 7.76. The van der Waals surface area contributed by atoms with Crippen molar-refractivity contribution in [2.24, 2.45) is 5.73 Å². The van der Waals surface area contributed by atoms with Crippen molar-refractivity contribution < 1.29 is 4.79 Å². The van der Waals surface area contributed by atoms with E-state index in [0.29, 0.717) is 12.2 Å². The highest BCUT2D eigenvalue weighted by molar-refractivity contribution is 6.18. The Morgan fingerprint density at radius 2 is 2.04 bits per heavy atom. The summed E-state index contributed by atoms with van der Waals surface area (Å²) in [6.07, 6.45) is 3.03. The number of rotatable bonds is 9. The highest BCUT2D eigenvalue weighted by Crippen LogP contribution is 2.16. The van der Waals surface area contributed by atoms with Crippen LogP contribution in [0.25, 0.3) is 16.8 Å². The first kappa shape index (κ1) is 20.4. The van der Waals surface area contributed by atoms with Gasteiger partial charge in [0.1, 0.15) is 5.82 Å². The molecule has 4 N–H and O–H groups in total. The fraction of sp³-hybridized carbons (Fsp3) is 0.350. The number of carbonyl (C=O) groups is 1. The number of H-pyrrole nitrogens is 1. The van der Waals surface area contributed by atoms with Gasteiger partial charge in [-0.15, -0.1) is 0 Å². The first-order valence-corrected chi connectivity index (χ1v) is 9.11. The summed E-state index contributed by atoms with van der Waals surface area (Å²) in [5.41, 5.74) is 6.73. The van der Waals surface area contributed by atoms with E-state index >= 15 is 0 Å². The topological polar surface area (TPSA) is 104 Å². The maximum absolute atomic E-state index is 12.5. The Hall–Kier alpha value is -2.93. The van der Waals surface area contributed by atoms with Gasteiger partial charge in [-0.05, 0) is 33.0 Å². The van der Waals surface area contributed by atoms with Gasteiger partial charge in [0.2, 0.25) is 0 Å². The molecule has 0 saturated carbocycles. The van der Waals surface area contributed by atoms with E-state index in [1.165, 1.54) is 12.3 Å². The van der Waals surface area contributed by atoms with Crippen LogP contribution in [-0.2, 0) is 4.79 Å². The van der Waals surface area contributed by atoms with Gasteiger partial charge in [-0.3, -0.25) is 9.59 Å². The van der Waals surface area contributed by atoms with Crippen LogP contribution < -0.4 is 16.6 Å². The highest BCUT2D eigenvalue weighted by atomic mass is 16.2. The minimum absolute atomic E-state index is 0.149. The molecule has 144 valence electrons. The number of benzene rings is 1. The lowest BCUT2D eigenvalue weighted by molar-refractivity contribution is -0.115. The van der Waals surface area contributed by atoms with Crippen molar-refractivity contribution >= 4 is 11.5 Å². The average Bonchev–Trinajstić information content (AvgIpc) is 2.68. The first-order chi connectivity index (χ1) is 13.0. The van der Waals surface area contributed by atoms with Gasteiger partial charge in [-0.25, -0.2) is 4.98 Å². The molecule has 0 aliphatic heterocycles. The second-order valence-electron chi connectivity index (χ2n) is 6.28. The molecule has 1 aromatic heterocycles. The number of hydrogen-bond donors (Lipinski definition) is 3. The quantitative estimate of drug-likeness (QED) is 0.460. The van der Waals surface area contributed by atoms with E-state index in [2.05, 4.69) is 34.2 Å². The Labute approximate surface area is 159 Å². The van der Waals surface area contributed by atoms with Crippen LogP contribution in [0.4, 0.5) is 0 Å². The number of carbonyl (C=O) groups excluding carboxylic acids is 1. The third-order valence-corrected chi connectivity index (χ3v) is 4.27. The van der Waals surface area contributed by atoms with Gasteiger partial charge in [0, 0.05) is 24.4 Å². The summed E-state index contributed by atoms with van der Waals surface area (Å²) in [7, 11) is 2.07. The van der Waals surface area contributed by atoms with Gasteiger partial charge < -0.3 is 20.9 Å². The van der Waals surface area contributed by atoms with Crippen molar-refractivity contribution in [2.75, 3.05) is 26.7 Å². The minimum Gasteiger partial charge on any atom is -0.404 e. The fourth-order valence-electron chi connectivity index (χ4n) is 2.57. The van der Waals surface area contributed by atoms with Crippen LogP contribution in [0, 0.1) is 0 Å². The third-order valence-electron chi connectivity index (χ3n) is 4.27. The van der Waals surface area contributed by atoms with E-state index in [1.807, 2.05) is 30.3 Å². The molecule has 0 fully saturated rings. The van der Waals surface area contributed by atoms with E-state index in [9.17, 15) is 9.59 Å². The van der Waals surface area contributed by atoms with Crippen LogP contribution in [0.2, 0.25) is 0 Å².